The van der Waals surface area contributed by atoms with E-state index in [1.165, 1.54) is 0 Å². The van der Waals surface area contributed by atoms with Crippen LogP contribution < -0.4 is 10.6 Å². The third-order valence-corrected chi connectivity index (χ3v) is 5.25. The van der Waals surface area contributed by atoms with Crippen LogP contribution in [-0.2, 0) is 9.59 Å². The largest absolute Gasteiger partial charge is 0.350 e. The third-order valence-electron chi connectivity index (χ3n) is 5.25. The molecule has 142 valence electrons. The number of hydrogen-bond acceptors (Lipinski definition) is 3. The second kappa shape index (κ2) is 6.61. The Balaban J connectivity index is 2.04. The zero-order valence-electron chi connectivity index (χ0n) is 16.5. The Morgan fingerprint density at radius 1 is 1.24 bits per heavy atom. The molecule has 1 saturated carbocycles. The molecule has 0 bridgehead atoms. The number of nitrogens with zero attached hydrogens (tertiary/aromatic N) is 1. The Morgan fingerprint density at radius 2 is 1.88 bits per heavy atom. The van der Waals surface area contributed by atoms with Crippen LogP contribution in [-0.4, -0.2) is 40.4 Å². The molecule has 0 aromatic heterocycles. The normalized spacial score (nSPS) is 27.6. The van der Waals surface area contributed by atoms with E-state index in [-0.39, 0.29) is 29.7 Å². The van der Waals surface area contributed by atoms with Gasteiger partial charge in [0.25, 0.3) is 5.91 Å². The van der Waals surface area contributed by atoms with E-state index >= 15 is 0 Å². The Bertz CT molecular complexity index is 565. The SMILES string of the molecule is CC1CCCCC12NC(=O)N(CC(=O)NC(C)(C)CC(C)(C)C)C2=O. The van der Waals surface area contributed by atoms with Gasteiger partial charge in [0.1, 0.15) is 12.1 Å². The minimum Gasteiger partial charge on any atom is -0.350 e. The zero-order chi connectivity index (χ0) is 19.0. The molecule has 4 amide bonds. The molecule has 2 atom stereocenters. The van der Waals surface area contributed by atoms with E-state index in [0.717, 1.165) is 30.6 Å². The highest BCUT2D eigenvalue weighted by molar-refractivity contribution is 6.09. The van der Waals surface area contributed by atoms with Crippen molar-refractivity contribution in [3.8, 4) is 0 Å². The van der Waals surface area contributed by atoms with E-state index in [2.05, 4.69) is 31.4 Å². The lowest BCUT2D eigenvalue weighted by Gasteiger charge is -2.37. The smallest absolute Gasteiger partial charge is 0.325 e. The molecule has 1 aliphatic heterocycles. The Hall–Kier alpha value is -1.59. The van der Waals surface area contributed by atoms with E-state index < -0.39 is 17.1 Å². The van der Waals surface area contributed by atoms with Crippen molar-refractivity contribution in [2.24, 2.45) is 11.3 Å². The maximum absolute atomic E-state index is 12.9. The fourth-order valence-corrected chi connectivity index (χ4v) is 4.57. The van der Waals surface area contributed by atoms with Crippen LogP contribution in [0.5, 0.6) is 0 Å². The molecule has 1 heterocycles. The molecule has 2 aliphatic rings. The monoisotopic (exact) mass is 351 g/mol. The number of carbonyl (C=O) groups is 3. The quantitative estimate of drug-likeness (QED) is 0.765. The molecule has 2 unspecified atom stereocenters. The van der Waals surface area contributed by atoms with Crippen molar-refractivity contribution >= 4 is 17.8 Å². The first-order chi connectivity index (χ1) is 11.4. The maximum Gasteiger partial charge on any atom is 0.325 e. The topological polar surface area (TPSA) is 78.5 Å². The molecule has 2 N–H and O–H groups in total. The summed E-state index contributed by atoms with van der Waals surface area (Å²) in [6.45, 7) is 12.1. The van der Waals surface area contributed by atoms with E-state index in [1.807, 2.05) is 20.8 Å². The lowest BCUT2D eigenvalue weighted by atomic mass is 9.73. The minimum absolute atomic E-state index is 0.0687. The summed E-state index contributed by atoms with van der Waals surface area (Å²) in [7, 11) is 0. The van der Waals surface area contributed by atoms with E-state index in [1.54, 1.807) is 0 Å². The van der Waals surface area contributed by atoms with Crippen molar-refractivity contribution in [2.75, 3.05) is 6.54 Å². The zero-order valence-corrected chi connectivity index (χ0v) is 16.5. The lowest BCUT2D eigenvalue weighted by molar-refractivity contribution is -0.137. The van der Waals surface area contributed by atoms with Crippen molar-refractivity contribution in [1.29, 1.82) is 0 Å². The van der Waals surface area contributed by atoms with Crippen LogP contribution in [0.1, 0.15) is 73.6 Å². The second-order valence-corrected chi connectivity index (χ2v) is 9.61. The molecule has 1 spiro atoms. The third kappa shape index (κ3) is 4.33. The number of hydrogen-bond donors (Lipinski definition) is 2. The van der Waals surface area contributed by atoms with E-state index in [0.29, 0.717) is 6.42 Å². The van der Waals surface area contributed by atoms with Crippen molar-refractivity contribution in [3.63, 3.8) is 0 Å². The maximum atomic E-state index is 12.9. The van der Waals surface area contributed by atoms with Gasteiger partial charge in [-0.25, -0.2) is 4.79 Å². The summed E-state index contributed by atoms with van der Waals surface area (Å²) in [6.07, 6.45) is 4.38. The summed E-state index contributed by atoms with van der Waals surface area (Å²) in [5.41, 5.74) is -1.14. The lowest BCUT2D eigenvalue weighted by Crippen LogP contribution is -2.54. The van der Waals surface area contributed by atoms with Gasteiger partial charge >= 0.3 is 6.03 Å². The summed E-state index contributed by atoms with van der Waals surface area (Å²) in [4.78, 5) is 38.8. The highest BCUT2D eigenvalue weighted by Gasteiger charge is 2.55. The van der Waals surface area contributed by atoms with Gasteiger partial charge in [-0.15, -0.1) is 0 Å². The standard InChI is InChI=1S/C19H33N3O3/c1-13-9-7-8-10-19(13)15(24)22(16(25)21-19)11-14(23)20-18(5,6)12-17(2,3)4/h13H,7-12H2,1-6H3,(H,20,23)(H,21,25). The molecule has 0 aromatic carbocycles. The van der Waals surface area contributed by atoms with Crippen LogP contribution in [0, 0.1) is 11.3 Å². The average molecular weight is 351 g/mol. The first-order valence-electron chi connectivity index (χ1n) is 9.31. The number of urea groups is 1. The van der Waals surface area contributed by atoms with Crippen molar-refractivity contribution in [3.05, 3.63) is 0 Å². The minimum atomic E-state index is -0.809. The number of amides is 4. The fourth-order valence-electron chi connectivity index (χ4n) is 4.57. The number of nitrogens with one attached hydrogen (secondary N) is 2. The molecular formula is C19H33N3O3. The highest BCUT2D eigenvalue weighted by Crippen LogP contribution is 2.38. The van der Waals surface area contributed by atoms with Gasteiger partial charge in [0.05, 0.1) is 0 Å². The van der Waals surface area contributed by atoms with Gasteiger partial charge in [-0.3, -0.25) is 14.5 Å². The summed E-state index contributed by atoms with van der Waals surface area (Å²) >= 11 is 0. The Kier molecular flexibility index (Phi) is 5.22. The number of rotatable bonds is 4. The van der Waals surface area contributed by atoms with Gasteiger partial charge < -0.3 is 10.6 Å². The van der Waals surface area contributed by atoms with Gasteiger partial charge in [0, 0.05) is 5.54 Å². The summed E-state index contributed by atoms with van der Waals surface area (Å²) in [6, 6.07) is -0.442. The molecule has 6 nitrogen and oxygen atoms in total. The highest BCUT2D eigenvalue weighted by atomic mass is 16.2. The molecule has 6 heteroatoms. The van der Waals surface area contributed by atoms with Gasteiger partial charge in [-0.05, 0) is 44.4 Å². The molecule has 0 aromatic rings. The fraction of sp³-hybridized carbons (Fsp3) is 0.842. The van der Waals surface area contributed by atoms with E-state index in [4.69, 9.17) is 0 Å². The van der Waals surface area contributed by atoms with Gasteiger partial charge in [-0.2, -0.15) is 0 Å². The molecule has 25 heavy (non-hydrogen) atoms. The average Bonchev–Trinajstić information content (AvgIpc) is 2.64. The van der Waals surface area contributed by atoms with Crippen LogP contribution >= 0.6 is 0 Å². The predicted molar refractivity (Wildman–Crippen MR) is 96.9 cm³/mol. The van der Waals surface area contributed by atoms with Crippen LogP contribution in [0.15, 0.2) is 0 Å². The molecule has 0 radical (unpaired) electrons. The summed E-state index contributed by atoms with van der Waals surface area (Å²) in [5.74, 6) is -0.435. The molecule has 2 fully saturated rings. The second-order valence-electron chi connectivity index (χ2n) is 9.61. The molecular weight excluding hydrogens is 318 g/mol. The van der Waals surface area contributed by atoms with Crippen molar-refractivity contribution in [2.45, 2.75) is 84.7 Å². The van der Waals surface area contributed by atoms with Gasteiger partial charge in [0.2, 0.25) is 5.91 Å². The first-order valence-corrected chi connectivity index (χ1v) is 9.31. The number of imide groups is 1. The summed E-state index contributed by atoms with van der Waals surface area (Å²) < 4.78 is 0. The van der Waals surface area contributed by atoms with Gasteiger partial charge in [0.15, 0.2) is 0 Å². The summed E-state index contributed by atoms with van der Waals surface area (Å²) in [5, 5.41) is 5.85. The molecule has 1 saturated heterocycles. The Morgan fingerprint density at radius 3 is 2.44 bits per heavy atom. The van der Waals surface area contributed by atoms with Crippen LogP contribution in [0.2, 0.25) is 0 Å². The van der Waals surface area contributed by atoms with Crippen molar-refractivity contribution < 1.29 is 14.4 Å². The molecule has 2 rings (SSSR count). The van der Waals surface area contributed by atoms with E-state index in [9.17, 15) is 14.4 Å². The molecule has 1 aliphatic carbocycles. The number of carbonyl (C=O) groups excluding carboxylic acids is 3. The van der Waals surface area contributed by atoms with Gasteiger partial charge in [-0.1, -0.05) is 40.5 Å². The predicted octanol–water partition coefficient (Wildman–Crippen LogP) is 2.82. The Labute approximate surface area is 151 Å². The van der Waals surface area contributed by atoms with Crippen LogP contribution in [0.3, 0.4) is 0 Å². The van der Waals surface area contributed by atoms with Crippen molar-refractivity contribution in [1.82, 2.24) is 15.5 Å². The first kappa shape index (κ1) is 19.7. The van der Waals surface area contributed by atoms with Crippen LogP contribution in [0.25, 0.3) is 0 Å². The van der Waals surface area contributed by atoms with Crippen LogP contribution in [0.4, 0.5) is 4.79 Å².